The predicted molar refractivity (Wildman–Crippen MR) is 75.8 cm³/mol. The second kappa shape index (κ2) is 5.74. The third-order valence-corrected chi connectivity index (χ3v) is 3.20. The van der Waals surface area contributed by atoms with Crippen molar-refractivity contribution in [3.05, 3.63) is 64.5 Å². The van der Waals surface area contributed by atoms with E-state index in [1.54, 1.807) is 0 Å². The second-order valence-electron chi connectivity index (χ2n) is 4.69. The summed E-state index contributed by atoms with van der Waals surface area (Å²) < 4.78 is 18.7. The number of carbonyl (C=O) groups excluding carboxylic acids is 1. The summed E-state index contributed by atoms with van der Waals surface area (Å²) in [6.45, 7) is 4.00. The maximum absolute atomic E-state index is 13.5. The van der Waals surface area contributed by atoms with Crippen LogP contribution in [0.1, 0.15) is 27.0 Å². The average molecular weight is 273 g/mol. The van der Waals surface area contributed by atoms with Crippen LogP contribution in [0.2, 0.25) is 0 Å². The lowest BCUT2D eigenvalue weighted by atomic mass is 10.0. The number of rotatable bonds is 3. The summed E-state index contributed by atoms with van der Waals surface area (Å²) >= 11 is 0. The molecule has 20 heavy (non-hydrogen) atoms. The molecule has 2 aromatic rings. The van der Waals surface area contributed by atoms with Gasteiger partial charge in [-0.05, 0) is 48.7 Å². The van der Waals surface area contributed by atoms with Gasteiger partial charge in [-0.25, -0.2) is 9.18 Å². The molecule has 0 aliphatic heterocycles. The lowest BCUT2D eigenvalue weighted by Crippen LogP contribution is -2.09. The molecule has 0 saturated heterocycles. The van der Waals surface area contributed by atoms with E-state index in [0.29, 0.717) is 5.69 Å². The van der Waals surface area contributed by atoms with E-state index in [2.05, 4.69) is 0 Å². The highest BCUT2D eigenvalue weighted by Crippen LogP contribution is 2.17. The fourth-order valence-electron chi connectivity index (χ4n) is 1.99. The minimum Gasteiger partial charge on any atom is -0.457 e. The van der Waals surface area contributed by atoms with Crippen molar-refractivity contribution in [3.63, 3.8) is 0 Å². The van der Waals surface area contributed by atoms with Crippen molar-refractivity contribution in [2.75, 3.05) is 5.73 Å². The molecule has 4 heteroatoms. The molecule has 2 aromatic carbocycles. The van der Waals surface area contributed by atoms with Crippen molar-refractivity contribution < 1.29 is 13.9 Å². The van der Waals surface area contributed by atoms with Gasteiger partial charge in [0.25, 0.3) is 0 Å². The molecule has 0 unspecified atom stereocenters. The van der Waals surface area contributed by atoms with E-state index in [-0.39, 0.29) is 12.2 Å². The number of hydrogen-bond donors (Lipinski definition) is 1. The molecular weight excluding hydrogens is 257 g/mol. The third kappa shape index (κ3) is 2.96. The molecule has 0 amide bonds. The number of carbonyl (C=O) groups is 1. The highest BCUT2D eigenvalue weighted by molar-refractivity contribution is 5.90. The number of esters is 1. The van der Waals surface area contributed by atoms with E-state index in [0.717, 1.165) is 22.8 Å². The zero-order valence-electron chi connectivity index (χ0n) is 11.4. The predicted octanol–water partition coefficient (Wildman–Crippen LogP) is 3.38. The van der Waals surface area contributed by atoms with Crippen LogP contribution in [0, 0.1) is 19.7 Å². The summed E-state index contributed by atoms with van der Waals surface area (Å²) in [5.41, 5.74) is 8.73. The minimum absolute atomic E-state index is 0.117. The van der Waals surface area contributed by atoms with Gasteiger partial charge in [0.2, 0.25) is 0 Å². The van der Waals surface area contributed by atoms with Gasteiger partial charge in [0.05, 0.1) is 5.56 Å². The summed E-state index contributed by atoms with van der Waals surface area (Å²) in [5, 5.41) is 0. The Morgan fingerprint density at radius 1 is 1.20 bits per heavy atom. The number of anilines is 1. The number of ether oxygens (including phenoxy) is 1. The quantitative estimate of drug-likeness (QED) is 0.689. The van der Waals surface area contributed by atoms with Crippen LogP contribution < -0.4 is 5.73 Å². The fraction of sp³-hybridized carbons (Fsp3) is 0.188. The van der Waals surface area contributed by atoms with Gasteiger partial charge < -0.3 is 10.5 Å². The van der Waals surface area contributed by atoms with Crippen LogP contribution in [0.3, 0.4) is 0 Å². The van der Waals surface area contributed by atoms with E-state index in [9.17, 15) is 9.18 Å². The maximum Gasteiger partial charge on any atom is 0.341 e. The zero-order chi connectivity index (χ0) is 14.7. The van der Waals surface area contributed by atoms with E-state index in [1.807, 2.05) is 32.0 Å². The number of nitrogen functional groups attached to an aromatic ring is 1. The van der Waals surface area contributed by atoms with Crippen LogP contribution in [0.25, 0.3) is 0 Å². The first kappa shape index (κ1) is 14.1. The molecule has 0 spiro atoms. The smallest absolute Gasteiger partial charge is 0.341 e. The van der Waals surface area contributed by atoms with Gasteiger partial charge in [-0.3, -0.25) is 0 Å². The molecule has 0 atom stereocenters. The van der Waals surface area contributed by atoms with Gasteiger partial charge >= 0.3 is 5.97 Å². The maximum atomic E-state index is 13.5. The van der Waals surface area contributed by atoms with Crippen LogP contribution in [-0.2, 0) is 11.3 Å². The number of halogens is 1. The first-order chi connectivity index (χ1) is 9.49. The van der Waals surface area contributed by atoms with Crippen molar-refractivity contribution in [1.29, 1.82) is 0 Å². The monoisotopic (exact) mass is 273 g/mol. The average Bonchev–Trinajstić information content (AvgIpc) is 2.40. The molecule has 0 saturated carbocycles. The molecule has 0 bridgehead atoms. The van der Waals surface area contributed by atoms with Gasteiger partial charge in [-0.15, -0.1) is 0 Å². The van der Waals surface area contributed by atoms with E-state index < -0.39 is 11.8 Å². The summed E-state index contributed by atoms with van der Waals surface area (Å²) in [5.74, 6) is -1.34. The lowest BCUT2D eigenvalue weighted by Gasteiger charge is -2.11. The Hall–Kier alpha value is -2.36. The summed E-state index contributed by atoms with van der Waals surface area (Å²) in [4.78, 5) is 11.9. The molecule has 2 rings (SSSR count). The molecule has 0 aliphatic rings. The Morgan fingerprint density at radius 3 is 2.50 bits per heavy atom. The highest BCUT2D eigenvalue weighted by atomic mass is 19.1. The molecule has 0 radical (unpaired) electrons. The normalized spacial score (nSPS) is 10.3. The zero-order valence-corrected chi connectivity index (χ0v) is 11.4. The summed E-state index contributed by atoms with van der Waals surface area (Å²) in [6.07, 6.45) is 0. The van der Waals surface area contributed by atoms with Crippen LogP contribution in [0.15, 0.2) is 36.4 Å². The molecule has 104 valence electrons. The molecule has 0 aromatic heterocycles. The van der Waals surface area contributed by atoms with Crippen LogP contribution in [0.4, 0.5) is 10.1 Å². The van der Waals surface area contributed by atoms with E-state index >= 15 is 0 Å². The molecular formula is C16H16FNO2. The molecule has 0 heterocycles. The first-order valence-corrected chi connectivity index (χ1v) is 6.26. The first-order valence-electron chi connectivity index (χ1n) is 6.26. The van der Waals surface area contributed by atoms with Crippen molar-refractivity contribution >= 4 is 11.7 Å². The van der Waals surface area contributed by atoms with E-state index in [4.69, 9.17) is 10.5 Å². The van der Waals surface area contributed by atoms with Crippen molar-refractivity contribution in [1.82, 2.24) is 0 Å². The van der Waals surface area contributed by atoms with Crippen molar-refractivity contribution in [3.8, 4) is 0 Å². The van der Waals surface area contributed by atoms with Gasteiger partial charge in [0.1, 0.15) is 12.4 Å². The van der Waals surface area contributed by atoms with Crippen molar-refractivity contribution in [2.45, 2.75) is 20.5 Å². The number of aryl methyl sites for hydroxylation is 2. The standard InChI is InChI=1S/C16H16FNO2/c1-10-4-3-5-11(2)14(10)9-20-16(19)13-8-12(18)6-7-15(13)17/h3-8H,9,18H2,1-2H3. The molecule has 2 N–H and O–H groups in total. The third-order valence-electron chi connectivity index (χ3n) is 3.20. The largest absolute Gasteiger partial charge is 0.457 e. The van der Waals surface area contributed by atoms with Gasteiger partial charge in [0, 0.05) is 5.69 Å². The Balaban J connectivity index is 2.15. The SMILES string of the molecule is Cc1cccc(C)c1COC(=O)c1cc(N)ccc1F. The van der Waals surface area contributed by atoms with Crippen LogP contribution >= 0.6 is 0 Å². The number of hydrogen-bond acceptors (Lipinski definition) is 3. The Kier molecular flexibility index (Phi) is 4.03. The summed E-state index contributed by atoms with van der Waals surface area (Å²) in [6, 6.07) is 9.66. The van der Waals surface area contributed by atoms with Crippen LogP contribution in [-0.4, -0.2) is 5.97 Å². The van der Waals surface area contributed by atoms with Gasteiger partial charge in [-0.1, -0.05) is 18.2 Å². The lowest BCUT2D eigenvalue weighted by molar-refractivity contribution is 0.0466. The number of nitrogens with two attached hydrogens (primary N) is 1. The number of benzene rings is 2. The van der Waals surface area contributed by atoms with Gasteiger partial charge in [-0.2, -0.15) is 0 Å². The highest BCUT2D eigenvalue weighted by Gasteiger charge is 2.14. The Morgan fingerprint density at radius 2 is 1.85 bits per heavy atom. The molecule has 0 aliphatic carbocycles. The summed E-state index contributed by atoms with van der Waals surface area (Å²) in [7, 11) is 0. The fourth-order valence-corrected chi connectivity index (χ4v) is 1.99. The minimum atomic E-state index is -0.711. The Labute approximate surface area is 117 Å². The van der Waals surface area contributed by atoms with Crippen LogP contribution in [0.5, 0.6) is 0 Å². The van der Waals surface area contributed by atoms with E-state index in [1.165, 1.54) is 12.1 Å². The molecule has 3 nitrogen and oxygen atoms in total. The topological polar surface area (TPSA) is 52.3 Å². The van der Waals surface area contributed by atoms with Crippen molar-refractivity contribution in [2.24, 2.45) is 0 Å². The second-order valence-corrected chi connectivity index (χ2v) is 4.69. The molecule has 0 fully saturated rings. The van der Waals surface area contributed by atoms with Gasteiger partial charge in [0.15, 0.2) is 0 Å². The Bertz CT molecular complexity index is 633.